The molecule has 31 heavy (non-hydrogen) atoms. The van der Waals surface area contributed by atoms with Gasteiger partial charge in [-0.25, -0.2) is 9.98 Å². The first-order valence-corrected chi connectivity index (χ1v) is 12.3. The highest BCUT2D eigenvalue weighted by atomic mass is 32.2. The molecule has 0 saturated heterocycles. The Hall–Kier alpha value is -2.73. The maximum Gasteiger partial charge on any atom is 0.191 e. The highest BCUT2D eigenvalue weighted by Crippen LogP contribution is 2.25. The molecule has 0 bridgehead atoms. The van der Waals surface area contributed by atoms with E-state index in [0.29, 0.717) is 6.54 Å². The second kappa shape index (κ2) is 12.8. The molecule has 6 heteroatoms. The van der Waals surface area contributed by atoms with Gasteiger partial charge in [0.05, 0.1) is 12.9 Å². The van der Waals surface area contributed by atoms with Gasteiger partial charge in [-0.1, -0.05) is 48.5 Å². The Balaban J connectivity index is 1.66. The lowest BCUT2D eigenvalue weighted by atomic mass is 9.98. The van der Waals surface area contributed by atoms with Crippen molar-refractivity contribution in [2.75, 3.05) is 25.1 Å². The van der Waals surface area contributed by atoms with Crippen LogP contribution >= 0.6 is 11.8 Å². The summed E-state index contributed by atoms with van der Waals surface area (Å²) in [5.74, 6) is 2.10. The molecule has 3 rings (SSSR count). The molecule has 5 nitrogen and oxygen atoms in total. The van der Waals surface area contributed by atoms with E-state index in [1.165, 1.54) is 34.4 Å². The minimum absolute atomic E-state index is 0.646. The van der Waals surface area contributed by atoms with E-state index < -0.39 is 0 Å². The van der Waals surface area contributed by atoms with Crippen molar-refractivity contribution in [3.63, 3.8) is 0 Å². The van der Waals surface area contributed by atoms with Crippen molar-refractivity contribution < 1.29 is 0 Å². The van der Waals surface area contributed by atoms with Crippen LogP contribution in [0.5, 0.6) is 0 Å². The molecule has 0 fully saturated rings. The lowest BCUT2D eigenvalue weighted by Gasteiger charge is -2.13. The third-order valence-electron chi connectivity index (χ3n) is 5.03. The monoisotopic (exact) mass is 435 g/mol. The summed E-state index contributed by atoms with van der Waals surface area (Å²) in [6, 6.07) is 17.3. The van der Waals surface area contributed by atoms with Crippen molar-refractivity contribution in [3.05, 3.63) is 78.4 Å². The average Bonchev–Trinajstić information content (AvgIpc) is 3.31. The van der Waals surface area contributed by atoms with Crippen LogP contribution in [0, 0.1) is 0 Å². The number of aliphatic imine (C=N–C) groups is 1. The number of aromatic nitrogens is 2. The zero-order valence-corrected chi connectivity index (χ0v) is 19.4. The fourth-order valence-electron chi connectivity index (χ4n) is 3.40. The first-order valence-electron chi connectivity index (χ1n) is 10.9. The standard InChI is InChI=1S/C25H33N5S/c1-3-27-25(28-14-6-7-17-31-2)29-18-23-8-4-5-9-24(23)22-12-10-21(11-13-22)19-30-16-15-26-20-30/h4-5,8-13,15-16,20H,3,6-7,14,17-19H2,1-2H3,(H2,27,28,29). The van der Waals surface area contributed by atoms with E-state index in [-0.39, 0.29) is 0 Å². The number of benzene rings is 2. The Bertz CT molecular complexity index is 919. The summed E-state index contributed by atoms with van der Waals surface area (Å²) >= 11 is 1.90. The second-order valence-electron chi connectivity index (χ2n) is 7.41. The van der Waals surface area contributed by atoms with Gasteiger partial charge in [0.2, 0.25) is 0 Å². The average molecular weight is 436 g/mol. The molecular formula is C25H33N5S. The van der Waals surface area contributed by atoms with Gasteiger partial charge >= 0.3 is 0 Å². The predicted octanol–water partition coefficient (Wildman–Crippen LogP) is 4.80. The van der Waals surface area contributed by atoms with Crippen molar-refractivity contribution in [3.8, 4) is 11.1 Å². The first kappa shape index (κ1) is 22.9. The smallest absolute Gasteiger partial charge is 0.191 e. The van der Waals surface area contributed by atoms with Crippen LogP contribution in [0.15, 0.2) is 72.2 Å². The first-order chi connectivity index (χ1) is 15.3. The highest BCUT2D eigenvalue weighted by molar-refractivity contribution is 7.98. The third kappa shape index (κ3) is 7.47. The van der Waals surface area contributed by atoms with Gasteiger partial charge in [0.1, 0.15) is 0 Å². The Morgan fingerprint density at radius 3 is 2.65 bits per heavy atom. The van der Waals surface area contributed by atoms with Crippen LogP contribution in [0.3, 0.4) is 0 Å². The van der Waals surface area contributed by atoms with Crippen LogP contribution in [0.1, 0.15) is 30.9 Å². The molecule has 0 atom stereocenters. The minimum Gasteiger partial charge on any atom is -0.357 e. The number of rotatable bonds is 11. The molecule has 2 N–H and O–H groups in total. The summed E-state index contributed by atoms with van der Waals surface area (Å²) < 4.78 is 2.08. The van der Waals surface area contributed by atoms with Gasteiger partial charge < -0.3 is 15.2 Å². The molecule has 0 spiro atoms. The van der Waals surface area contributed by atoms with Crippen LogP contribution < -0.4 is 10.6 Å². The Morgan fingerprint density at radius 1 is 1.06 bits per heavy atom. The zero-order chi connectivity index (χ0) is 21.7. The van der Waals surface area contributed by atoms with Crippen molar-refractivity contribution in [2.45, 2.75) is 32.9 Å². The Morgan fingerprint density at radius 2 is 1.90 bits per heavy atom. The van der Waals surface area contributed by atoms with Gasteiger partial charge in [-0.05, 0) is 54.0 Å². The number of hydrogen-bond donors (Lipinski definition) is 2. The largest absolute Gasteiger partial charge is 0.357 e. The number of imidazole rings is 1. The molecule has 0 aliphatic carbocycles. The maximum absolute atomic E-state index is 4.83. The molecule has 0 aliphatic rings. The second-order valence-corrected chi connectivity index (χ2v) is 8.40. The Labute approximate surface area is 190 Å². The van der Waals surface area contributed by atoms with E-state index in [2.05, 4.69) is 81.9 Å². The summed E-state index contributed by atoms with van der Waals surface area (Å²) in [6.07, 6.45) is 10.2. The van der Waals surface area contributed by atoms with Crippen LogP contribution in [0.25, 0.3) is 11.1 Å². The lowest BCUT2D eigenvalue weighted by molar-refractivity contribution is 0.734. The van der Waals surface area contributed by atoms with Crippen molar-refractivity contribution in [1.82, 2.24) is 20.2 Å². The molecule has 1 heterocycles. The van der Waals surface area contributed by atoms with Crippen molar-refractivity contribution >= 4 is 17.7 Å². The van der Waals surface area contributed by atoms with E-state index in [1.54, 1.807) is 0 Å². The zero-order valence-electron chi connectivity index (χ0n) is 18.6. The normalized spacial score (nSPS) is 11.5. The molecule has 1 aromatic heterocycles. The lowest BCUT2D eigenvalue weighted by Crippen LogP contribution is -2.37. The number of guanidine groups is 1. The molecule has 0 amide bonds. The SMILES string of the molecule is CCNC(=NCc1ccccc1-c1ccc(Cn2ccnc2)cc1)NCCCCSC. The van der Waals surface area contributed by atoms with E-state index in [0.717, 1.165) is 32.0 Å². The number of hydrogen-bond acceptors (Lipinski definition) is 3. The van der Waals surface area contributed by atoms with Gasteiger partial charge in [0.25, 0.3) is 0 Å². The van der Waals surface area contributed by atoms with E-state index in [1.807, 2.05) is 30.5 Å². The van der Waals surface area contributed by atoms with Crippen LogP contribution in [0.4, 0.5) is 0 Å². The number of thioether (sulfide) groups is 1. The molecular weight excluding hydrogens is 402 g/mol. The van der Waals surface area contributed by atoms with Gasteiger partial charge in [-0.2, -0.15) is 11.8 Å². The van der Waals surface area contributed by atoms with Crippen molar-refractivity contribution in [1.29, 1.82) is 0 Å². The van der Waals surface area contributed by atoms with Crippen LogP contribution in [-0.4, -0.2) is 40.6 Å². The van der Waals surface area contributed by atoms with Gasteiger partial charge in [-0.15, -0.1) is 0 Å². The maximum atomic E-state index is 4.83. The quantitative estimate of drug-likeness (QED) is 0.258. The van der Waals surface area contributed by atoms with E-state index in [9.17, 15) is 0 Å². The van der Waals surface area contributed by atoms with Gasteiger partial charge in [0.15, 0.2) is 5.96 Å². The van der Waals surface area contributed by atoms with E-state index in [4.69, 9.17) is 4.99 Å². The third-order valence-corrected chi connectivity index (χ3v) is 5.72. The molecule has 0 saturated carbocycles. The summed E-state index contributed by atoms with van der Waals surface area (Å²) in [5.41, 5.74) is 4.94. The number of nitrogens with zero attached hydrogens (tertiary/aromatic N) is 3. The summed E-state index contributed by atoms with van der Waals surface area (Å²) in [4.78, 5) is 8.95. The molecule has 0 aliphatic heterocycles. The predicted molar refractivity (Wildman–Crippen MR) is 134 cm³/mol. The number of nitrogens with one attached hydrogen (secondary N) is 2. The highest BCUT2D eigenvalue weighted by Gasteiger charge is 2.06. The summed E-state index contributed by atoms with van der Waals surface area (Å²) in [6.45, 7) is 5.39. The molecule has 0 unspecified atom stereocenters. The fraction of sp³-hybridized carbons (Fsp3) is 0.360. The molecule has 164 valence electrons. The Kier molecular flexibility index (Phi) is 9.51. The van der Waals surface area contributed by atoms with Gasteiger partial charge in [-0.3, -0.25) is 0 Å². The summed E-state index contributed by atoms with van der Waals surface area (Å²) in [7, 11) is 0. The molecule has 2 aromatic carbocycles. The molecule has 0 radical (unpaired) electrons. The topological polar surface area (TPSA) is 54.2 Å². The van der Waals surface area contributed by atoms with Crippen molar-refractivity contribution in [2.24, 2.45) is 4.99 Å². The minimum atomic E-state index is 0.646. The van der Waals surface area contributed by atoms with Crippen LogP contribution in [0.2, 0.25) is 0 Å². The van der Waals surface area contributed by atoms with E-state index >= 15 is 0 Å². The summed E-state index contributed by atoms with van der Waals surface area (Å²) in [5, 5.41) is 6.82. The number of unbranched alkanes of at least 4 members (excludes halogenated alkanes) is 1. The van der Waals surface area contributed by atoms with Gasteiger partial charge in [0, 0.05) is 32.0 Å². The van der Waals surface area contributed by atoms with Crippen LogP contribution in [-0.2, 0) is 13.1 Å². The fourth-order valence-corrected chi connectivity index (χ4v) is 3.90. The molecule has 3 aromatic rings.